The molecule has 0 spiro atoms. The number of benzene rings is 1. The van der Waals surface area contributed by atoms with E-state index < -0.39 is 36.8 Å². The first-order valence-corrected chi connectivity index (χ1v) is 7.39. The molecule has 0 aliphatic rings. The fourth-order valence-corrected chi connectivity index (χ4v) is 2.02. The van der Waals surface area contributed by atoms with Crippen molar-refractivity contribution in [1.82, 2.24) is 10.6 Å². The minimum absolute atomic E-state index is 0.00225. The molecule has 2 amide bonds. The van der Waals surface area contributed by atoms with Crippen molar-refractivity contribution in [2.24, 2.45) is 5.92 Å². The molecule has 1 rings (SSSR count). The number of halogens is 2. The van der Waals surface area contributed by atoms with E-state index in [1.54, 1.807) is 0 Å². The molecule has 24 heavy (non-hydrogen) atoms. The summed E-state index contributed by atoms with van der Waals surface area (Å²) < 4.78 is 25.2. The third kappa shape index (κ3) is 6.31. The highest BCUT2D eigenvalue weighted by Gasteiger charge is 2.21. The van der Waals surface area contributed by atoms with Crippen molar-refractivity contribution in [3.05, 3.63) is 35.4 Å². The lowest BCUT2D eigenvalue weighted by atomic mass is 10.0. The molecule has 0 saturated heterocycles. The molecule has 0 aromatic heterocycles. The van der Waals surface area contributed by atoms with Crippen molar-refractivity contribution in [1.29, 1.82) is 0 Å². The molecule has 0 unspecified atom stereocenters. The quantitative estimate of drug-likeness (QED) is 0.673. The number of aliphatic carboxylic acids is 1. The van der Waals surface area contributed by atoms with Gasteiger partial charge in [0.2, 0.25) is 5.91 Å². The van der Waals surface area contributed by atoms with Crippen LogP contribution in [0.25, 0.3) is 0 Å². The Hall–Kier alpha value is -2.51. The van der Waals surface area contributed by atoms with E-state index in [-0.39, 0.29) is 23.5 Å². The number of hydrogen-bond acceptors (Lipinski definition) is 3. The topological polar surface area (TPSA) is 95.5 Å². The van der Waals surface area contributed by atoms with Crippen LogP contribution in [-0.4, -0.2) is 35.5 Å². The van der Waals surface area contributed by atoms with Gasteiger partial charge in [0.1, 0.15) is 6.04 Å². The molecular weight excluding hydrogens is 322 g/mol. The summed E-state index contributed by atoms with van der Waals surface area (Å²) in [6, 6.07) is 3.85. The van der Waals surface area contributed by atoms with Gasteiger partial charge in [0.25, 0.3) is 12.3 Å². The first kappa shape index (κ1) is 19.5. The summed E-state index contributed by atoms with van der Waals surface area (Å²) in [6.45, 7) is 3.19. The number of alkyl halides is 2. The maximum atomic E-state index is 12.6. The van der Waals surface area contributed by atoms with Gasteiger partial charge < -0.3 is 15.7 Å². The molecule has 3 N–H and O–H groups in total. The number of amides is 2. The smallest absolute Gasteiger partial charge is 0.326 e. The highest BCUT2D eigenvalue weighted by atomic mass is 19.3. The fourth-order valence-electron chi connectivity index (χ4n) is 2.02. The number of carboxylic acid groups (broad SMARTS) is 1. The second kappa shape index (κ2) is 8.95. The molecule has 0 bridgehead atoms. The van der Waals surface area contributed by atoms with Gasteiger partial charge in [0.15, 0.2) is 0 Å². The Morgan fingerprint density at radius 2 is 1.88 bits per heavy atom. The Morgan fingerprint density at radius 1 is 1.21 bits per heavy atom. The van der Waals surface area contributed by atoms with Gasteiger partial charge in [0.05, 0.1) is 6.54 Å². The van der Waals surface area contributed by atoms with Crippen molar-refractivity contribution in [3.63, 3.8) is 0 Å². The number of carbonyl (C=O) groups excluding carboxylic acids is 2. The average molecular weight is 342 g/mol. The van der Waals surface area contributed by atoms with Crippen LogP contribution in [0.1, 0.15) is 42.6 Å². The zero-order chi connectivity index (χ0) is 18.3. The van der Waals surface area contributed by atoms with Gasteiger partial charge in [-0.1, -0.05) is 26.0 Å². The Morgan fingerprint density at radius 3 is 2.42 bits per heavy atom. The zero-order valence-electron chi connectivity index (χ0n) is 13.4. The highest BCUT2D eigenvalue weighted by Crippen LogP contribution is 2.19. The van der Waals surface area contributed by atoms with E-state index in [4.69, 9.17) is 5.11 Å². The molecule has 0 aliphatic heterocycles. The average Bonchev–Trinajstić information content (AvgIpc) is 2.51. The Balaban J connectivity index is 2.58. The molecule has 8 heteroatoms. The molecule has 1 aromatic rings. The van der Waals surface area contributed by atoms with Crippen LogP contribution in [0.15, 0.2) is 24.3 Å². The van der Waals surface area contributed by atoms with Crippen LogP contribution < -0.4 is 10.6 Å². The third-order valence-electron chi connectivity index (χ3n) is 3.15. The minimum atomic E-state index is -2.70. The van der Waals surface area contributed by atoms with Crippen molar-refractivity contribution in [2.75, 3.05) is 6.54 Å². The normalized spacial score (nSPS) is 12.1. The first-order chi connectivity index (χ1) is 11.2. The minimum Gasteiger partial charge on any atom is -0.480 e. The van der Waals surface area contributed by atoms with Crippen LogP contribution in [-0.2, 0) is 9.59 Å². The van der Waals surface area contributed by atoms with Gasteiger partial charge in [-0.2, -0.15) is 0 Å². The third-order valence-corrected chi connectivity index (χ3v) is 3.15. The van der Waals surface area contributed by atoms with Gasteiger partial charge in [-0.3, -0.25) is 9.59 Å². The van der Waals surface area contributed by atoms with Crippen molar-refractivity contribution in [2.45, 2.75) is 32.7 Å². The number of carboxylic acids is 1. The van der Waals surface area contributed by atoms with E-state index in [0.29, 0.717) is 0 Å². The molecule has 0 saturated carbocycles. The van der Waals surface area contributed by atoms with E-state index >= 15 is 0 Å². The number of hydrogen-bond donors (Lipinski definition) is 3. The SMILES string of the molecule is CC(C)C[C@H](NC(=O)CNC(=O)c1cccc(C(F)F)c1)C(=O)O. The highest BCUT2D eigenvalue weighted by molar-refractivity contribution is 5.97. The fraction of sp³-hybridized carbons (Fsp3) is 0.438. The molecule has 132 valence electrons. The van der Waals surface area contributed by atoms with E-state index in [2.05, 4.69) is 10.6 Å². The molecule has 1 atom stereocenters. The van der Waals surface area contributed by atoms with Crippen molar-refractivity contribution in [3.8, 4) is 0 Å². The number of rotatable bonds is 8. The first-order valence-electron chi connectivity index (χ1n) is 7.39. The van der Waals surface area contributed by atoms with E-state index in [0.717, 1.165) is 6.07 Å². The van der Waals surface area contributed by atoms with Gasteiger partial charge >= 0.3 is 5.97 Å². The molecule has 0 heterocycles. The molecule has 0 radical (unpaired) electrons. The lowest BCUT2D eigenvalue weighted by Crippen LogP contribution is -2.46. The van der Waals surface area contributed by atoms with Crippen molar-refractivity contribution < 1.29 is 28.3 Å². The van der Waals surface area contributed by atoms with Crippen molar-refractivity contribution >= 4 is 17.8 Å². The Kier molecular flexibility index (Phi) is 7.29. The number of carbonyl (C=O) groups is 3. The van der Waals surface area contributed by atoms with Crippen LogP contribution in [0.4, 0.5) is 8.78 Å². The Labute approximate surface area is 138 Å². The molecular formula is C16H20F2N2O4. The van der Waals surface area contributed by atoms with Crippen LogP contribution >= 0.6 is 0 Å². The molecule has 0 fully saturated rings. The van der Waals surface area contributed by atoms with E-state index in [1.807, 2.05) is 13.8 Å². The maximum Gasteiger partial charge on any atom is 0.326 e. The summed E-state index contributed by atoms with van der Waals surface area (Å²) in [7, 11) is 0. The van der Waals surface area contributed by atoms with Gasteiger partial charge in [-0.05, 0) is 24.5 Å². The summed E-state index contributed by atoms with van der Waals surface area (Å²) in [4.78, 5) is 34.7. The van der Waals surface area contributed by atoms with Gasteiger partial charge in [0, 0.05) is 11.1 Å². The predicted octanol–water partition coefficient (Wildman–Crippen LogP) is 1.97. The molecule has 0 aliphatic carbocycles. The molecule has 1 aromatic carbocycles. The van der Waals surface area contributed by atoms with Crippen LogP contribution in [0.3, 0.4) is 0 Å². The summed E-state index contributed by atoms with van der Waals surface area (Å²) in [5, 5.41) is 13.6. The van der Waals surface area contributed by atoms with Crippen LogP contribution in [0.2, 0.25) is 0 Å². The summed E-state index contributed by atoms with van der Waals surface area (Å²) in [6.07, 6.45) is -2.45. The second-order valence-electron chi connectivity index (χ2n) is 5.70. The lowest BCUT2D eigenvalue weighted by molar-refractivity contribution is -0.142. The monoisotopic (exact) mass is 342 g/mol. The second-order valence-corrected chi connectivity index (χ2v) is 5.70. The van der Waals surface area contributed by atoms with Crippen LogP contribution in [0.5, 0.6) is 0 Å². The van der Waals surface area contributed by atoms with Crippen LogP contribution in [0, 0.1) is 5.92 Å². The standard InChI is InChI=1S/C16H20F2N2O4/c1-9(2)6-12(16(23)24)20-13(21)8-19-15(22)11-5-3-4-10(7-11)14(17)18/h3-5,7,9,12,14H,6,8H2,1-2H3,(H,19,22)(H,20,21)(H,23,24)/t12-/m0/s1. The van der Waals surface area contributed by atoms with E-state index in [9.17, 15) is 23.2 Å². The Bertz CT molecular complexity index is 605. The number of nitrogens with one attached hydrogen (secondary N) is 2. The maximum absolute atomic E-state index is 12.6. The van der Waals surface area contributed by atoms with Gasteiger partial charge in [-0.15, -0.1) is 0 Å². The summed E-state index contributed by atoms with van der Waals surface area (Å²) in [5.41, 5.74) is -0.299. The zero-order valence-corrected chi connectivity index (χ0v) is 13.4. The largest absolute Gasteiger partial charge is 0.480 e. The summed E-state index contributed by atoms with van der Waals surface area (Å²) in [5.74, 6) is -2.45. The van der Waals surface area contributed by atoms with E-state index in [1.165, 1.54) is 18.2 Å². The molecule has 6 nitrogen and oxygen atoms in total. The predicted molar refractivity (Wildman–Crippen MR) is 82.8 cm³/mol. The lowest BCUT2D eigenvalue weighted by Gasteiger charge is -2.16. The summed E-state index contributed by atoms with van der Waals surface area (Å²) >= 11 is 0. The van der Waals surface area contributed by atoms with Gasteiger partial charge in [-0.25, -0.2) is 13.6 Å².